The SMILES string of the molecule is COc1ccccc1NC(=O)CCN1C(=S)N[C@H](c2ccccn2)[C@H]1c1cc(C)n(-c2cccc(F)c2)c1C. The van der Waals surface area contributed by atoms with Crippen LogP contribution in [0.4, 0.5) is 10.1 Å². The van der Waals surface area contributed by atoms with Crippen LogP contribution in [0.3, 0.4) is 0 Å². The van der Waals surface area contributed by atoms with Gasteiger partial charge < -0.3 is 24.8 Å². The van der Waals surface area contributed by atoms with Crippen molar-refractivity contribution in [2.45, 2.75) is 32.4 Å². The van der Waals surface area contributed by atoms with Crippen molar-refractivity contribution in [3.8, 4) is 11.4 Å². The third-order valence-corrected chi connectivity index (χ3v) is 7.37. The molecule has 200 valence electrons. The number of carbonyl (C=O) groups is 1. The number of carbonyl (C=O) groups excluding carboxylic acids is 1. The Morgan fingerprint density at radius 1 is 1.10 bits per heavy atom. The maximum atomic E-state index is 14.1. The molecule has 5 rings (SSSR count). The molecular formula is C30H30FN5O2S. The van der Waals surface area contributed by atoms with Gasteiger partial charge in [-0.15, -0.1) is 0 Å². The van der Waals surface area contributed by atoms with Crippen LogP contribution in [-0.2, 0) is 4.79 Å². The molecule has 2 aromatic carbocycles. The number of amides is 1. The van der Waals surface area contributed by atoms with Crippen LogP contribution < -0.4 is 15.4 Å². The van der Waals surface area contributed by atoms with E-state index < -0.39 is 0 Å². The van der Waals surface area contributed by atoms with Gasteiger partial charge in [-0.2, -0.15) is 0 Å². The van der Waals surface area contributed by atoms with Crippen molar-refractivity contribution in [3.05, 3.63) is 107 Å². The van der Waals surface area contributed by atoms with Gasteiger partial charge in [0.1, 0.15) is 11.6 Å². The number of aromatic nitrogens is 2. The van der Waals surface area contributed by atoms with Crippen molar-refractivity contribution in [1.29, 1.82) is 0 Å². The van der Waals surface area contributed by atoms with Gasteiger partial charge >= 0.3 is 0 Å². The Morgan fingerprint density at radius 3 is 2.64 bits per heavy atom. The summed E-state index contributed by atoms with van der Waals surface area (Å²) in [5.41, 5.74) is 5.19. The molecule has 1 aliphatic heterocycles. The number of pyridine rings is 1. The molecule has 2 aromatic heterocycles. The van der Waals surface area contributed by atoms with Gasteiger partial charge in [0.2, 0.25) is 5.91 Å². The highest BCUT2D eigenvalue weighted by atomic mass is 32.1. The van der Waals surface area contributed by atoms with Crippen LogP contribution in [0.2, 0.25) is 0 Å². The normalized spacial score (nSPS) is 16.7. The number of nitrogens with zero attached hydrogens (tertiary/aromatic N) is 3. The molecule has 1 saturated heterocycles. The van der Waals surface area contributed by atoms with E-state index in [0.717, 1.165) is 28.3 Å². The third-order valence-electron chi connectivity index (χ3n) is 7.01. The molecule has 1 aliphatic rings. The molecule has 0 radical (unpaired) electrons. The van der Waals surface area contributed by atoms with Gasteiger partial charge in [-0.3, -0.25) is 9.78 Å². The molecule has 7 nitrogen and oxygen atoms in total. The van der Waals surface area contributed by atoms with E-state index in [1.54, 1.807) is 31.5 Å². The van der Waals surface area contributed by atoms with E-state index in [2.05, 4.69) is 21.7 Å². The lowest BCUT2D eigenvalue weighted by atomic mass is 9.96. The molecule has 0 unspecified atom stereocenters. The lowest BCUT2D eigenvalue weighted by molar-refractivity contribution is -0.116. The summed E-state index contributed by atoms with van der Waals surface area (Å²) >= 11 is 5.79. The molecule has 0 aliphatic carbocycles. The lowest BCUT2D eigenvalue weighted by Crippen LogP contribution is -2.33. The average molecular weight is 544 g/mol. The Bertz CT molecular complexity index is 1510. The maximum Gasteiger partial charge on any atom is 0.226 e. The number of nitrogens with one attached hydrogen (secondary N) is 2. The summed E-state index contributed by atoms with van der Waals surface area (Å²) in [5.74, 6) is 0.161. The van der Waals surface area contributed by atoms with Gasteiger partial charge in [0, 0.05) is 36.2 Å². The monoisotopic (exact) mass is 543 g/mol. The Morgan fingerprint density at radius 2 is 1.90 bits per heavy atom. The van der Waals surface area contributed by atoms with E-state index in [1.165, 1.54) is 12.1 Å². The van der Waals surface area contributed by atoms with Crippen molar-refractivity contribution in [2.75, 3.05) is 19.0 Å². The Labute approximate surface area is 232 Å². The predicted molar refractivity (Wildman–Crippen MR) is 154 cm³/mol. The van der Waals surface area contributed by atoms with E-state index in [4.69, 9.17) is 17.0 Å². The molecule has 0 saturated carbocycles. The molecule has 2 atom stereocenters. The number of para-hydroxylation sites is 2. The first kappa shape index (κ1) is 26.4. The minimum Gasteiger partial charge on any atom is -0.495 e. The smallest absolute Gasteiger partial charge is 0.226 e. The Hall–Kier alpha value is -4.24. The second-order valence-corrected chi connectivity index (χ2v) is 9.85. The molecule has 1 fully saturated rings. The van der Waals surface area contributed by atoms with Crippen LogP contribution in [0.25, 0.3) is 5.69 Å². The van der Waals surface area contributed by atoms with E-state index >= 15 is 0 Å². The largest absolute Gasteiger partial charge is 0.495 e. The zero-order valence-corrected chi connectivity index (χ0v) is 22.8. The van der Waals surface area contributed by atoms with Gasteiger partial charge in [-0.25, -0.2) is 4.39 Å². The van der Waals surface area contributed by atoms with Crippen LogP contribution in [-0.4, -0.2) is 39.1 Å². The quantitative estimate of drug-likeness (QED) is 0.281. The number of ether oxygens (including phenoxy) is 1. The van der Waals surface area contributed by atoms with Crippen LogP contribution in [0.15, 0.2) is 79.0 Å². The summed E-state index contributed by atoms with van der Waals surface area (Å²) in [4.78, 5) is 19.6. The molecule has 3 heterocycles. The molecule has 1 amide bonds. The summed E-state index contributed by atoms with van der Waals surface area (Å²) in [5, 5.41) is 6.93. The molecular weight excluding hydrogens is 513 g/mol. The molecule has 39 heavy (non-hydrogen) atoms. The first-order valence-corrected chi connectivity index (χ1v) is 13.1. The molecule has 9 heteroatoms. The first-order valence-electron chi connectivity index (χ1n) is 12.7. The van der Waals surface area contributed by atoms with Crippen molar-refractivity contribution < 1.29 is 13.9 Å². The number of benzene rings is 2. The zero-order chi connectivity index (χ0) is 27.5. The average Bonchev–Trinajstić information content (AvgIpc) is 3.42. The van der Waals surface area contributed by atoms with E-state index in [1.807, 2.05) is 59.7 Å². The summed E-state index contributed by atoms with van der Waals surface area (Å²) in [6.45, 7) is 4.42. The summed E-state index contributed by atoms with van der Waals surface area (Å²) in [6, 6.07) is 21.3. The Balaban J connectivity index is 1.47. The number of thiocarbonyl (C=S) groups is 1. The second-order valence-electron chi connectivity index (χ2n) is 9.46. The second kappa shape index (κ2) is 11.2. The molecule has 4 aromatic rings. The number of rotatable bonds is 8. The van der Waals surface area contributed by atoms with Gasteiger partial charge in [0.25, 0.3) is 0 Å². The number of hydrogen-bond donors (Lipinski definition) is 2. The summed E-state index contributed by atoms with van der Waals surface area (Å²) in [7, 11) is 1.57. The number of hydrogen-bond acceptors (Lipinski definition) is 4. The van der Waals surface area contributed by atoms with Gasteiger partial charge in [-0.1, -0.05) is 24.3 Å². The van der Waals surface area contributed by atoms with E-state index in [-0.39, 0.29) is 30.2 Å². The number of methoxy groups -OCH3 is 1. The number of halogens is 1. The van der Waals surface area contributed by atoms with Gasteiger partial charge in [0.05, 0.1) is 30.6 Å². The fourth-order valence-corrected chi connectivity index (χ4v) is 5.60. The van der Waals surface area contributed by atoms with Crippen molar-refractivity contribution >= 4 is 28.9 Å². The van der Waals surface area contributed by atoms with Gasteiger partial charge in [-0.05, 0) is 80.2 Å². The molecule has 0 spiro atoms. The standard InChI is InChI=1S/C30H30FN5O2S/c1-19-17-23(20(2)36(19)22-10-8-9-21(31)18-22)29-28(25-12-6-7-15-32-25)34-30(39)35(29)16-14-27(37)33-24-11-4-5-13-26(24)38-3/h4-13,15,17-18,28-29H,14,16H2,1-3H3,(H,33,37)(H,34,39)/t28-,29-/m1/s1. The lowest BCUT2D eigenvalue weighted by Gasteiger charge is -2.28. The van der Waals surface area contributed by atoms with Crippen LogP contribution >= 0.6 is 12.2 Å². The third kappa shape index (κ3) is 5.35. The summed E-state index contributed by atoms with van der Waals surface area (Å²) < 4.78 is 21.5. The van der Waals surface area contributed by atoms with Crippen molar-refractivity contribution in [3.63, 3.8) is 0 Å². The predicted octanol–water partition coefficient (Wildman–Crippen LogP) is 5.64. The topological polar surface area (TPSA) is 71.4 Å². The highest BCUT2D eigenvalue weighted by Gasteiger charge is 2.41. The summed E-state index contributed by atoms with van der Waals surface area (Å²) in [6.07, 6.45) is 1.98. The molecule has 2 N–H and O–H groups in total. The minimum atomic E-state index is -0.292. The first-order chi connectivity index (χ1) is 18.9. The van der Waals surface area contributed by atoms with Crippen LogP contribution in [0, 0.1) is 19.7 Å². The highest BCUT2D eigenvalue weighted by Crippen LogP contribution is 2.41. The van der Waals surface area contributed by atoms with Crippen LogP contribution in [0.1, 0.15) is 41.1 Å². The van der Waals surface area contributed by atoms with Crippen LogP contribution in [0.5, 0.6) is 5.75 Å². The van der Waals surface area contributed by atoms with Crippen molar-refractivity contribution in [2.24, 2.45) is 0 Å². The van der Waals surface area contributed by atoms with Crippen molar-refractivity contribution in [1.82, 2.24) is 19.8 Å². The zero-order valence-electron chi connectivity index (χ0n) is 22.0. The Kier molecular flexibility index (Phi) is 7.60. The molecule has 0 bridgehead atoms. The maximum absolute atomic E-state index is 14.1. The fraction of sp³-hybridized carbons (Fsp3) is 0.233. The van der Waals surface area contributed by atoms with Gasteiger partial charge in [0.15, 0.2) is 5.11 Å². The van der Waals surface area contributed by atoms with E-state index in [0.29, 0.717) is 23.1 Å². The fourth-order valence-electron chi connectivity index (χ4n) is 5.27. The highest BCUT2D eigenvalue weighted by molar-refractivity contribution is 7.80. The van der Waals surface area contributed by atoms with E-state index in [9.17, 15) is 9.18 Å². The minimum absolute atomic E-state index is 0.146. The number of aryl methyl sites for hydroxylation is 1. The number of anilines is 1.